The Morgan fingerprint density at radius 2 is 1.76 bits per heavy atom. The summed E-state index contributed by atoms with van der Waals surface area (Å²) in [5.74, 6) is -1.41. The lowest BCUT2D eigenvalue weighted by molar-refractivity contribution is -0.120. The van der Waals surface area contributed by atoms with E-state index in [9.17, 15) is 14.4 Å². The van der Waals surface area contributed by atoms with E-state index in [4.69, 9.17) is 11.6 Å². The summed E-state index contributed by atoms with van der Waals surface area (Å²) in [6.07, 6.45) is 0. The largest absolute Gasteiger partial charge is 0.350 e. The highest BCUT2D eigenvalue weighted by Gasteiger charge is 2.39. The number of benzene rings is 2. The topological polar surface area (TPSA) is 91.4 Å². The van der Waals surface area contributed by atoms with Crippen molar-refractivity contribution in [2.75, 3.05) is 15.5 Å². The first-order valence-corrected chi connectivity index (χ1v) is 12.1. The van der Waals surface area contributed by atoms with Crippen LogP contribution in [-0.4, -0.2) is 22.7 Å². The van der Waals surface area contributed by atoms with Crippen LogP contribution in [0.2, 0.25) is 0 Å². The molecule has 2 heterocycles. The maximum Gasteiger partial charge on any atom is 0.283 e. The van der Waals surface area contributed by atoms with Gasteiger partial charge in [0, 0.05) is 19.7 Å². The van der Waals surface area contributed by atoms with Crippen LogP contribution >= 0.6 is 45.5 Å². The highest BCUT2D eigenvalue weighted by atomic mass is 127. The molecule has 33 heavy (non-hydrogen) atoms. The first kappa shape index (κ1) is 23.4. The molecule has 0 spiro atoms. The smallest absolute Gasteiger partial charge is 0.283 e. The van der Waals surface area contributed by atoms with Gasteiger partial charge >= 0.3 is 0 Å². The molecule has 0 aliphatic carbocycles. The predicted octanol–water partition coefficient (Wildman–Crippen LogP) is 5.36. The summed E-state index contributed by atoms with van der Waals surface area (Å²) in [5, 5.41) is 6.05. The fourth-order valence-corrected chi connectivity index (χ4v) is 4.91. The molecular weight excluding hydrogens is 575 g/mol. The van der Waals surface area contributed by atoms with Crippen LogP contribution in [0, 0.1) is 24.3 Å². The first-order valence-electron chi connectivity index (χ1n) is 9.83. The van der Waals surface area contributed by atoms with Gasteiger partial charge in [-0.05, 0) is 91.4 Å². The molecule has 10 heteroatoms. The SMILES string of the molecule is Cc1cc(I)ccc1N1C(=O)C(Cl)=C(Nc2ccc(C(=O)Nc3nc(C)c(C)s3)cc2)C1=O. The quantitative estimate of drug-likeness (QED) is 0.308. The second-order valence-corrected chi connectivity index (χ2v) is 10.2. The summed E-state index contributed by atoms with van der Waals surface area (Å²) >= 11 is 9.80. The number of hydrogen-bond acceptors (Lipinski definition) is 6. The maximum absolute atomic E-state index is 13.0. The number of halogens is 2. The van der Waals surface area contributed by atoms with Crippen molar-refractivity contribution in [3.63, 3.8) is 0 Å². The van der Waals surface area contributed by atoms with E-state index in [1.165, 1.54) is 11.3 Å². The average molecular weight is 593 g/mol. The van der Waals surface area contributed by atoms with Crippen molar-refractivity contribution in [3.8, 4) is 0 Å². The van der Waals surface area contributed by atoms with Crippen molar-refractivity contribution in [2.45, 2.75) is 20.8 Å². The third-order valence-corrected chi connectivity index (χ3v) is 7.10. The summed E-state index contributed by atoms with van der Waals surface area (Å²) in [7, 11) is 0. The number of nitrogens with zero attached hydrogens (tertiary/aromatic N) is 2. The number of carbonyl (C=O) groups excluding carboxylic acids is 3. The second kappa shape index (κ2) is 9.24. The molecule has 0 saturated heterocycles. The van der Waals surface area contributed by atoms with Gasteiger partial charge in [-0.3, -0.25) is 19.7 Å². The van der Waals surface area contributed by atoms with Crippen molar-refractivity contribution in [1.82, 2.24) is 4.98 Å². The van der Waals surface area contributed by atoms with Gasteiger partial charge < -0.3 is 5.32 Å². The van der Waals surface area contributed by atoms with Gasteiger partial charge in [0.1, 0.15) is 10.7 Å². The third-order valence-electron chi connectivity index (χ3n) is 5.09. The molecule has 2 N–H and O–H groups in total. The summed E-state index contributed by atoms with van der Waals surface area (Å²) in [6, 6.07) is 11.9. The third kappa shape index (κ3) is 4.66. The van der Waals surface area contributed by atoms with E-state index in [0.29, 0.717) is 22.1 Å². The second-order valence-electron chi connectivity index (χ2n) is 7.38. The molecule has 168 valence electrons. The number of rotatable bonds is 5. The van der Waals surface area contributed by atoms with Crippen LogP contribution in [0.15, 0.2) is 53.2 Å². The monoisotopic (exact) mass is 592 g/mol. The highest BCUT2D eigenvalue weighted by molar-refractivity contribution is 14.1. The molecule has 3 aromatic rings. The summed E-state index contributed by atoms with van der Waals surface area (Å²) < 4.78 is 0.995. The van der Waals surface area contributed by atoms with Crippen molar-refractivity contribution >= 4 is 79.8 Å². The van der Waals surface area contributed by atoms with Gasteiger partial charge in [0.2, 0.25) is 0 Å². The van der Waals surface area contributed by atoms with Gasteiger partial charge in [-0.25, -0.2) is 9.88 Å². The van der Waals surface area contributed by atoms with Crippen LogP contribution in [0.25, 0.3) is 0 Å². The van der Waals surface area contributed by atoms with Gasteiger partial charge in [-0.2, -0.15) is 0 Å². The van der Waals surface area contributed by atoms with Crippen molar-refractivity contribution < 1.29 is 14.4 Å². The summed E-state index contributed by atoms with van der Waals surface area (Å²) in [4.78, 5) is 44.6. The minimum absolute atomic E-state index is 0.00875. The standard InChI is InChI=1S/C23H18ClIN4O3S/c1-11-10-15(25)6-9-17(11)29-21(31)18(24)19(22(29)32)27-16-7-4-14(5-8-16)20(30)28-23-26-12(2)13(3)33-23/h4-10,27H,1-3H3,(H,26,28,30). The Hall–Kier alpha value is -2.76. The Bertz CT molecular complexity index is 1310. The zero-order valence-corrected chi connectivity index (χ0v) is 21.6. The average Bonchev–Trinajstić information content (AvgIpc) is 3.19. The molecule has 0 bridgehead atoms. The van der Waals surface area contributed by atoms with E-state index in [2.05, 4.69) is 38.2 Å². The van der Waals surface area contributed by atoms with Crippen LogP contribution in [0.4, 0.5) is 16.5 Å². The van der Waals surface area contributed by atoms with Crippen molar-refractivity contribution in [2.24, 2.45) is 0 Å². The van der Waals surface area contributed by atoms with Crippen LogP contribution < -0.4 is 15.5 Å². The van der Waals surface area contributed by atoms with Crippen LogP contribution in [0.5, 0.6) is 0 Å². The fraction of sp³-hybridized carbons (Fsp3) is 0.130. The normalized spacial score (nSPS) is 13.7. The van der Waals surface area contributed by atoms with Crippen LogP contribution in [0.3, 0.4) is 0 Å². The number of imide groups is 1. The number of amides is 3. The number of thiazole rings is 1. The summed E-state index contributed by atoms with van der Waals surface area (Å²) in [6.45, 7) is 5.66. The van der Waals surface area contributed by atoms with E-state index in [-0.39, 0.29) is 16.6 Å². The Morgan fingerprint density at radius 3 is 2.36 bits per heavy atom. The molecule has 1 aromatic heterocycles. The lowest BCUT2D eigenvalue weighted by Gasteiger charge is -2.17. The highest BCUT2D eigenvalue weighted by Crippen LogP contribution is 2.32. The van der Waals surface area contributed by atoms with Gasteiger partial charge in [-0.15, -0.1) is 11.3 Å². The van der Waals surface area contributed by atoms with Crippen molar-refractivity contribution in [1.29, 1.82) is 0 Å². The molecule has 0 atom stereocenters. The van der Waals surface area contributed by atoms with Crippen LogP contribution in [0.1, 0.15) is 26.5 Å². The molecule has 0 fully saturated rings. The molecule has 0 saturated carbocycles. The molecule has 2 aromatic carbocycles. The number of hydrogen-bond donors (Lipinski definition) is 2. The lowest BCUT2D eigenvalue weighted by atomic mass is 10.2. The zero-order valence-electron chi connectivity index (χ0n) is 17.8. The minimum Gasteiger partial charge on any atom is -0.350 e. The number of anilines is 3. The van der Waals surface area contributed by atoms with Crippen molar-refractivity contribution in [3.05, 3.63) is 78.5 Å². The molecule has 0 unspecified atom stereocenters. The van der Waals surface area contributed by atoms with Gasteiger partial charge in [0.05, 0.1) is 11.4 Å². The van der Waals surface area contributed by atoms with E-state index >= 15 is 0 Å². The molecule has 4 rings (SSSR count). The molecular formula is C23H18ClIN4O3S. The Kier molecular flexibility index (Phi) is 6.55. The lowest BCUT2D eigenvalue weighted by Crippen LogP contribution is -2.32. The van der Waals surface area contributed by atoms with E-state index < -0.39 is 11.8 Å². The Balaban J connectivity index is 1.50. The van der Waals surface area contributed by atoms with E-state index in [0.717, 1.165) is 24.6 Å². The Labute approximate surface area is 213 Å². The number of nitrogens with one attached hydrogen (secondary N) is 2. The fourth-order valence-electron chi connectivity index (χ4n) is 3.24. The predicted molar refractivity (Wildman–Crippen MR) is 139 cm³/mol. The van der Waals surface area contributed by atoms with Gasteiger partial charge in [-0.1, -0.05) is 11.6 Å². The minimum atomic E-state index is -0.585. The van der Waals surface area contributed by atoms with Gasteiger partial charge in [0.25, 0.3) is 17.7 Å². The first-order chi connectivity index (χ1) is 15.7. The molecule has 1 aliphatic rings. The molecule has 0 radical (unpaired) electrons. The Morgan fingerprint density at radius 1 is 1.06 bits per heavy atom. The zero-order chi connectivity index (χ0) is 23.9. The molecule has 3 amide bonds. The molecule has 7 nitrogen and oxygen atoms in total. The number of carbonyl (C=O) groups is 3. The summed E-state index contributed by atoms with van der Waals surface area (Å²) in [5.41, 5.74) is 3.09. The van der Waals surface area contributed by atoms with Crippen LogP contribution in [-0.2, 0) is 9.59 Å². The van der Waals surface area contributed by atoms with Gasteiger partial charge in [0.15, 0.2) is 5.13 Å². The van der Waals surface area contributed by atoms with E-state index in [1.54, 1.807) is 30.3 Å². The number of aromatic nitrogens is 1. The maximum atomic E-state index is 13.0. The van der Waals surface area contributed by atoms with E-state index in [1.807, 2.05) is 32.9 Å². The number of aryl methyl sites for hydroxylation is 3. The molecule has 1 aliphatic heterocycles.